The largest absolute Gasteiger partial charge is 0.298 e. The molecule has 2 heteroatoms. The summed E-state index contributed by atoms with van der Waals surface area (Å²) in [6.07, 6.45) is 7.89. The molecule has 0 heterocycles. The van der Waals surface area contributed by atoms with Crippen LogP contribution in [0.15, 0.2) is 12.2 Å². The lowest BCUT2D eigenvalue weighted by Gasteiger charge is -2.56. The van der Waals surface area contributed by atoms with Crippen molar-refractivity contribution in [3.63, 3.8) is 0 Å². The number of carbonyl (C=O) groups excluding carboxylic acids is 1. The van der Waals surface area contributed by atoms with Crippen molar-refractivity contribution in [2.45, 2.75) is 23.6 Å². The van der Waals surface area contributed by atoms with Crippen molar-refractivity contribution in [2.75, 3.05) is 0 Å². The molecule has 2 saturated carbocycles. The summed E-state index contributed by atoms with van der Waals surface area (Å²) in [5.74, 6) is 2.24. The van der Waals surface area contributed by atoms with E-state index in [0.29, 0.717) is 23.5 Å². The Balaban J connectivity index is 2.08. The smallest absolute Gasteiger partial charge is 0.150 e. The first kappa shape index (κ1) is 7.31. The summed E-state index contributed by atoms with van der Waals surface area (Å²) in [5.41, 5.74) is 0. The molecule has 2 fully saturated rings. The first-order chi connectivity index (χ1) is 5.73. The quantitative estimate of drug-likeness (QED) is 0.458. The zero-order chi connectivity index (χ0) is 8.34. The number of halogens is 1. The summed E-state index contributed by atoms with van der Waals surface area (Å²) in [6.45, 7) is 0. The number of allylic oxidation sites excluding steroid dienone is 2. The molecular weight excluding hydrogens is 216 g/mol. The average molecular weight is 227 g/mol. The van der Waals surface area contributed by atoms with Crippen molar-refractivity contribution in [1.29, 1.82) is 0 Å². The van der Waals surface area contributed by atoms with Gasteiger partial charge in [0, 0.05) is 6.42 Å². The van der Waals surface area contributed by atoms with E-state index < -0.39 is 0 Å². The van der Waals surface area contributed by atoms with Gasteiger partial charge in [-0.1, -0.05) is 28.1 Å². The molecule has 1 nitrogen and oxygen atoms in total. The van der Waals surface area contributed by atoms with Crippen molar-refractivity contribution >= 4 is 21.7 Å². The zero-order valence-corrected chi connectivity index (χ0v) is 8.38. The highest BCUT2D eigenvalue weighted by molar-refractivity contribution is 9.10. The van der Waals surface area contributed by atoms with E-state index in [1.165, 1.54) is 12.8 Å². The molecule has 0 aliphatic heterocycles. The fourth-order valence-corrected chi connectivity index (χ4v) is 4.10. The molecule has 0 aromatic rings. The summed E-state index contributed by atoms with van der Waals surface area (Å²) >= 11 is 3.67. The van der Waals surface area contributed by atoms with E-state index in [1.54, 1.807) is 0 Å². The fraction of sp³-hybridized carbons (Fsp3) is 0.700. The number of fused-ring (bicyclic) bond motifs is 1. The van der Waals surface area contributed by atoms with Crippen molar-refractivity contribution in [1.82, 2.24) is 0 Å². The van der Waals surface area contributed by atoms with E-state index in [-0.39, 0.29) is 4.32 Å². The lowest BCUT2D eigenvalue weighted by molar-refractivity contribution is -0.137. The van der Waals surface area contributed by atoms with Gasteiger partial charge in [0.1, 0.15) is 0 Å². The van der Waals surface area contributed by atoms with Crippen LogP contribution in [0.5, 0.6) is 0 Å². The summed E-state index contributed by atoms with van der Waals surface area (Å²) in [4.78, 5) is 11.5. The molecule has 4 aliphatic carbocycles. The molecule has 12 heavy (non-hydrogen) atoms. The number of rotatable bonds is 0. The van der Waals surface area contributed by atoms with E-state index in [4.69, 9.17) is 0 Å². The Hall–Kier alpha value is -0.110. The first-order valence-corrected chi connectivity index (χ1v) is 5.43. The summed E-state index contributed by atoms with van der Waals surface area (Å²) in [6, 6.07) is 0. The monoisotopic (exact) mass is 226 g/mol. The Morgan fingerprint density at radius 2 is 2.25 bits per heavy atom. The van der Waals surface area contributed by atoms with Crippen LogP contribution in [0.1, 0.15) is 19.3 Å². The van der Waals surface area contributed by atoms with Crippen LogP contribution < -0.4 is 0 Å². The Bertz CT molecular complexity index is 284. The third-order valence-electron chi connectivity index (χ3n) is 3.83. The van der Waals surface area contributed by atoms with Gasteiger partial charge in [0.15, 0.2) is 5.78 Å². The zero-order valence-electron chi connectivity index (χ0n) is 6.79. The minimum atomic E-state index is -0.120. The maximum absolute atomic E-state index is 11.5. The predicted molar refractivity (Wildman–Crippen MR) is 50.1 cm³/mol. The molecule has 4 unspecified atom stereocenters. The molecule has 0 radical (unpaired) electrons. The van der Waals surface area contributed by atoms with E-state index in [9.17, 15) is 4.79 Å². The Morgan fingerprint density at radius 3 is 2.67 bits per heavy atom. The maximum Gasteiger partial charge on any atom is 0.150 e. The number of hydrogen-bond donors (Lipinski definition) is 0. The number of hydrogen-bond acceptors (Lipinski definition) is 1. The number of ketones is 1. The molecule has 4 rings (SSSR count). The van der Waals surface area contributed by atoms with Gasteiger partial charge in [-0.3, -0.25) is 4.79 Å². The third kappa shape index (κ3) is 0.607. The molecule has 4 aliphatic rings. The molecule has 0 spiro atoms. The Morgan fingerprint density at radius 1 is 1.42 bits per heavy atom. The highest BCUT2D eigenvalue weighted by Crippen LogP contribution is 2.60. The standard InChI is InChI=1S/C10H11BrO/c11-10-7-3-1-6(2-4-7)8(10)5-9(10)12/h1,3,6-8H,2,4-5H2. The van der Waals surface area contributed by atoms with E-state index >= 15 is 0 Å². The highest BCUT2D eigenvalue weighted by Gasteiger charge is 2.62. The van der Waals surface area contributed by atoms with E-state index in [0.717, 1.165) is 6.42 Å². The van der Waals surface area contributed by atoms with Crippen LogP contribution in [-0.4, -0.2) is 10.1 Å². The molecular formula is C10H11BrO. The van der Waals surface area contributed by atoms with Gasteiger partial charge in [-0.25, -0.2) is 0 Å². The maximum atomic E-state index is 11.5. The Labute approximate surface area is 80.3 Å². The summed E-state index contributed by atoms with van der Waals surface area (Å²) in [7, 11) is 0. The van der Waals surface area contributed by atoms with Gasteiger partial charge in [-0.2, -0.15) is 0 Å². The Kier molecular flexibility index (Phi) is 1.24. The third-order valence-corrected chi connectivity index (χ3v) is 5.45. The fourth-order valence-electron chi connectivity index (χ4n) is 3.05. The summed E-state index contributed by atoms with van der Waals surface area (Å²) < 4.78 is -0.120. The minimum absolute atomic E-state index is 0.120. The summed E-state index contributed by atoms with van der Waals surface area (Å²) in [5, 5.41) is 0. The predicted octanol–water partition coefficient (Wildman–Crippen LogP) is 2.31. The van der Waals surface area contributed by atoms with Gasteiger partial charge in [-0.05, 0) is 30.6 Å². The molecule has 0 aromatic carbocycles. The SMILES string of the molecule is O=C1CC2C3C=CC(CC3)C12Br. The molecule has 0 N–H and O–H groups in total. The van der Waals surface area contributed by atoms with Crippen molar-refractivity contribution in [2.24, 2.45) is 17.8 Å². The molecule has 2 bridgehead atoms. The second-order valence-electron chi connectivity index (χ2n) is 4.23. The van der Waals surface area contributed by atoms with Crippen LogP contribution in [0, 0.1) is 17.8 Å². The normalized spacial score (nSPS) is 55.1. The van der Waals surface area contributed by atoms with Crippen molar-refractivity contribution in [3.8, 4) is 0 Å². The van der Waals surface area contributed by atoms with Crippen LogP contribution in [-0.2, 0) is 4.79 Å². The lowest BCUT2D eigenvalue weighted by atomic mass is 9.52. The van der Waals surface area contributed by atoms with Crippen molar-refractivity contribution < 1.29 is 4.79 Å². The highest BCUT2D eigenvalue weighted by atomic mass is 79.9. The van der Waals surface area contributed by atoms with Gasteiger partial charge in [0.2, 0.25) is 0 Å². The van der Waals surface area contributed by atoms with Gasteiger partial charge < -0.3 is 0 Å². The molecule has 0 amide bonds. The first-order valence-electron chi connectivity index (χ1n) is 4.63. The number of Topliss-reactive ketones (excluding diaryl/α,β-unsaturated/α-hetero) is 1. The molecule has 64 valence electrons. The van der Waals surface area contributed by atoms with Gasteiger partial charge in [0.05, 0.1) is 4.32 Å². The van der Waals surface area contributed by atoms with Crippen LogP contribution in [0.25, 0.3) is 0 Å². The topological polar surface area (TPSA) is 17.1 Å². The van der Waals surface area contributed by atoms with Crippen molar-refractivity contribution in [3.05, 3.63) is 12.2 Å². The van der Waals surface area contributed by atoms with Crippen LogP contribution >= 0.6 is 15.9 Å². The number of carbonyl (C=O) groups is 1. The second kappa shape index (κ2) is 2.03. The molecule has 0 aromatic heterocycles. The second-order valence-corrected chi connectivity index (χ2v) is 5.55. The lowest BCUT2D eigenvalue weighted by Crippen LogP contribution is -2.62. The number of alkyl halides is 1. The average Bonchev–Trinajstić information content (AvgIpc) is 2.11. The van der Waals surface area contributed by atoms with Crippen LogP contribution in [0.2, 0.25) is 0 Å². The van der Waals surface area contributed by atoms with E-state index in [2.05, 4.69) is 28.1 Å². The van der Waals surface area contributed by atoms with Gasteiger partial charge >= 0.3 is 0 Å². The van der Waals surface area contributed by atoms with Crippen LogP contribution in [0.4, 0.5) is 0 Å². The van der Waals surface area contributed by atoms with Gasteiger partial charge in [-0.15, -0.1) is 0 Å². The minimum Gasteiger partial charge on any atom is -0.298 e. The molecule has 0 saturated heterocycles. The van der Waals surface area contributed by atoms with E-state index in [1.807, 2.05) is 0 Å². The molecule has 4 atom stereocenters. The van der Waals surface area contributed by atoms with Gasteiger partial charge in [0.25, 0.3) is 0 Å². The van der Waals surface area contributed by atoms with Crippen LogP contribution in [0.3, 0.4) is 0 Å².